The third-order valence-electron chi connectivity index (χ3n) is 8.00. The molecule has 228 valence electrons. The van der Waals surface area contributed by atoms with Crippen LogP contribution in [0.1, 0.15) is 42.9 Å². The summed E-state index contributed by atoms with van der Waals surface area (Å²) >= 11 is 0. The maximum Gasteiger partial charge on any atom is 0.416 e. The van der Waals surface area contributed by atoms with Crippen LogP contribution in [0.5, 0.6) is 0 Å². The predicted octanol–water partition coefficient (Wildman–Crippen LogP) is 4.59. The summed E-state index contributed by atoms with van der Waals surface area (Å²) in [5.41, 5.74) is 3.25. The Bertz CT molecular complexity index is 1530. The molecular weight excluding hydrogens is 560 g/mol. The van der Waals surface area contributed by atoms with E-state index in [1.165, 1.54) is 0 Å². The largest absolute Gasteiger partial charge is 0.480 e. The number of amides is 3. The zero-order valence-corrected chi connectivity index (χ0v) is 24.6. The average molecular weight is 597 g/mol. The highest BCUT2D eigenvalue weighted by molar-refractivity contribution is 6.17. The lowest BCUT2D eigenvalue weighted by molar-refractivity contribution is -0.140. The molecule has 10 heteroatoms. The van der Waals surface area contributed by atoms with E-state index in [9.17, 15) is 24.3 Å². The van der Waals surface area contributed by atoms with E-state index in [1.54, 1.807) is 19.1 Å². The van der Waals surface area contributed by atoms with Crippen LogP contribution in [0.15, 0.2) is 89.9 Å². The normalized spacial score (nSPS) is 18.5. The van der Waals surface area contributed by atoms with Gasteiger partial charge in [-0.25, -0.2) is 14.5 Å². The summed E-state index contributed by atoms with van der Waals surface area (Å²) in [6.07, 6.45) is 0.721. The molecule has 2 fully saturated rings. The third-order valence-corrected chi connectivity index (χ3v) is 8.00. The molecule has 0 spiro atoms. The van der Waals surface area contributed by atoms with Crippen molar-refractivity contribution in [1.29, 1.82) is 0 Å². The number of carbonyl (C=O) groups excluding carboxylic acids is 3. The lowest BCUT2D eigenvalue weighted by atomic mass is 9.95. The Labute approximate surface area is 256 Å². The lowest BCUT2D eigenvalue weighted by Gasteiger charge is -2.25. The van der Waals surface area contributed by atoms with Crippen LogP contribution in [-0.4, -0.2) is 76.3 Å². The number of ether oxygens (including phenoxy) is 1. The minimum atomic E-state index is -1.30. The fraction of sp³-hybridized carbons (Fsp3) is 0.324. The van der Waals surface area contributed by atoms with E-state index in [0.29, 0.717) is 29.1 Å². The molecule has 0 bridgehead atoms. The number of rotatable bonds is 11. The van der Waals surface area contributed by atoms with Crippen molar-refractivity contribution in [3.8, 4) is 0 Å². The van der Waals surface area contributed by atoms with Crippen LogP contribution in [0.2, 0.25) is 0 Å². The molecule has 3 aromatic rings. The van der Waals surface area contributed by atoms with Gasteiger partial charge in [-0.1, -0.05) is 85.8 Å². The number of carboxylic acids is 1. The van der Waals surface area contributed by atoms with Gasteiger partial charge < -0.3 is 15.2 Å². The number of nitrogens with one attached hydrogen (secondary N) is 1. The van der Waals surface area contributed by atoms with Crippen LogP contribution in [0.3, 0.4) is 0 Å². The van der Waals surface area contributed by atoms with Crippen LogP contribution >= 0.6 is 0 Å². The van der Waals surface area contributed by atoms with Crippen molar-refractivity contribution in [3.05, 3.63) is 102 Å². The number of anilines is 1. The van der Waals surface area contributed by atoms with Crippen molar-refractivity contribution in [2.75, 3.05) is 25.0 Å². The van der Waals surface area contributed by atoms with Crippen molar-refractivity contribution in [1.82, 2.24) is 9.80 Å². The second-order valence-corrected chi connectivity index (χ2v) is 11.1. The fourth-order valence-corrected chi connectivity index (χ4v) is 5.72. The highest BCUT2D eigenvalue weighted by Crippen LogP contribution is 2.26. The molecule has 0 aromatic heterocycles. The summed E-state index contributed by atoms with van der Waals surface area (Å²) < 4.78 is 4.86. The molecule has 0 unspecified atom stereocenters. The summed E-state index contributed by atoms with van der Waals surface area (Å²) in [7, 11) is 0. The van der Waals surface area contributed by atoms with Crippen LogP contribution in [0, 0.1) is 5.92 Å². The number of imide groups is 1. The Morgan fingerprint density at radius 3 is 2.34 bits per heavy atom. The standard InChI is InChI=1S/C34H36N4O6/c1-23(21-29(39)38-19-20-44-34(38)43)30(33(41)42)36-31(25-13-6-3-7-14-25)26-15-8-9-16-27(26)35-32(40)28-17-10-18-37(28)22-24-11-4-2-5-12-24/h2-9,11-16,23,28,30H,10,17-22H2,1H3,(H,35,40)(H,41,42)/t23-,28+,30-/m1/s1. The predicted molar refractivity (Wildman–Crippen MR) is 165 cm³/mol. The highest BCUT2D eigenvalue weighted by Gasteiger charge is 2.34. The summed E-state index contributed by atoms with van der Waals surface area (Å²) in [5, 5.41) is 13.3. The molecule has 44 heavy (non-hydrogen) atoms. The molecule has 0 saturated carbocycles. The van der Waals surface area contributed by atoms with E-state index < -0.39 is 29.9 Å². The van der Waals surface area contributed by atoms with Crippen LogP contribution in [-0.2, 0) is 25.7 Å². The Morgan fingerprint density at radius 1 is 0.977 bits per heavy atom. The topological polar surface area (TPSA) is 129 Å². The molecule has 3 amide bonds. The van der Waals surface area contributed by atoms with Gasteiger partial charge in [-0.05, 0) is 36.9 Å². The van der Waals surface area contributed by atoms with Gasteiger partial charge in [0, 0.05) is 24.1 Å². The number of benzene rings is 3. The molecule has 2 aliphatic heterocycles. The van der Waals surface area contributed by atoms with Crippen molar-refractivity contribution in [2.24, 2.45) is 10.9 Å². The molecule has 5 rings (SSSR count). The number of carboxylic acid groups (broad SMARTS) is 1. The molecule has 3 atom stereocenters. The highest BCUT2D eigenvalue weighted by atomic mass is 16.6. The monoisotopic (exact) mass is 596 g/mol. The first-order valence-electron chi connectivity index (χ1n) is 14.8. The molecule has 2 heterocycles. The number of likely N-dealkylation sites (tertiary alicyclic amines) is 1. The second-order valence-electron chi connectivity index (χ2n) is 11.1. The van der Waals surface area contributed by atoms with Crippen molar-refractivity contribution in [3.63, 3.8) is 0 Å². The number of aliphatic imine (C=N–C) groups is 1. The Morgan fingerprint density at radius 2 is 1.66 bits per heavy atom. The van der Waals surface area contributed by atoms with Gasteiger partial charge in [0.1, 0.15) is 6.61 Å². The second kappa shape index (κ2) is 14.1. The summed E-state index contributed by atoms with van der Waals surface area (Å²) in [6, 6.07) is 24.8. The number of carbonyl (C=O) groups is 4. The molecule has 2 aliphatic rings. The quantitative estimate of drug-likeness (QED) is 0.310. The lowest BCUT2D eigenvalue weighted by Crippen LogP contribution is -2.39. The molecule has 2 N–H and O–H groups in total. The first-order valence-corrected chi connectivity index (χ1v) is 14.8. The zero-order chi connectivity index (χ0) is 31.1. The summed E-state index contributed by atoms with van der Waals surface area (Å²) in [6.45, 7) is 3.36. The van der Waals surface area contributed by atoms with Gasteiger partial charge in [0.15, 0.2) is 6.04 Å². The fourth-order valence-electron chi connectivity index (χ4n) is 5.72. The minimum absolute atomic E-state index is 0.116. The Hall–Kier alpha value is -4.83. The van der Waals surface area contributed by atoms with Crippen LogP contribution in [0.25, 0.3) is 0 Å². The van der Waals surface area contributed by atoms with Gasteiger partial charge in [-0.15, -0.1) is 0 Å². The molecule has 0 aliphatic carbocycles. The van der Waals surface area contributed by atoms with Gasteiger partial charge in [0.25, 0.3) is 0 Å². The molecule has 3 aromatic carbocycles. The van der Waals surface area contributed by atoms with Crippen molar-refractivity contribution < 1.29 is 29.0 Å². The number of hydrogen-bond acceptors (Lipinski definition) is 7. The van der Waals surface area contributed by atoms with Crippen molar-refractivity contribution >= 4 is 35.3 Å². The summed E-state index contributed by atoms with van der Waals surface area (Å²) in [5.74, 6) is -2.58. The number of cyclic esters (lactones) is 1. The molecule has 10 nitrogen and oxygen atoms in total. The average Bonchev–Trinajstić information content (AvgIpc) is 3.67. The van der Waals surface area contributed by atoms with E-state index in [0.717, 1.165) is 29.8 Å². The third kappa shape index (κ3) is 7.20. The van der Waals surface area contributed by atoms with Crippen LogP contribution in [0.4, 0.5) is 10.5 Å². The number of hydrogen-bond donors (Lipinski definition) is 2. The van der Waals surface area contributed by atoms with Gasteiger partial charge in [0.05, 0.1) is 24.0 Å². The van der Waals surface area contributed by atoms with E-state index >= 15 is 0 Å². The Balaban J connectivity index is 1.43. The van der Waals surface area contributed by atoms with E-state index in [2.05, 4.69) is 22.3 Å². The molecular formula is C34H36N4O6. The number of aliphatic carboxylic acids is 1. The smallest absolute Gasteiger partial charge is 0.416 e. The molecule has 2 saturated heterocycles. The minimum Gasteiger partial charge on any atom is -0.480 e. The van der Waals surface area contributed by atoms with Gasteiger partial charge in [-0.3, -0.25) is 19.5 Å². The maximum absolute atomic E-state index is 13.7. The first kappa shape index (κ1) is 30.6. The number of para-hydroxylation sites is 1. The first-order chi connectivity index (χ1) is 21.3. The van der Waals surface area contributed by atoms with Crippen molar-refractivity contribution in [2.45, 2.75) is 44.8 Å². The number of nitrogens with zero attached hydrogens (tertiary/aromatic N) is 3. The SMILES string of the molecule is C[C@H](CC(=O)N1CCOC1=O)[C@@H](N=C(c1ccccc1)c1ccccc1NC(=O)[C@@H]1CCCN1Cc1ccccc1)C(=O)O. The van der Waals surface area contributed by atoms with E-state index in [1.807, 2.05) is 60.7 Å². The van der Waals surface area contributed by atoms with Gasteiger partial charge in [0.2, 0.25) is 11.8 Å². The molecule has 0 radical (unpaired) electrons. The maximum atomic E-state index is 13.7. The van der Waals surface area contributed by atoms with Gasteiger partial charge in [-0.2, -0.15) is 0 Å². The Kier molecular flexibility index (Phi) is 9.81. The van der Waals surface area contributed by atoms with Crippen LogP contribution < -0.4 is 5.32 Å². The van der Waals surface area contributed by atoms with E-state index in [4.69, 9.17) is 9.73 Å². The van der Waals surface area contributed by atoms with Gasteiger partial charge >= 0.3 is 12.1 Å². The summed E-state index contributed by atoms with van der Waals surface area (Å²) in [4.78, 5) is 58.8. The van der Waals surface area contributed by atoms with E-state index in [-0.39, 0.29) is 31.5 Å². The zero-order valence-electron chi connectivity index (χ0n) is 24.6.